The van der Waals surface area contributed by atoms with Crippen LogP contribution in [0.5, 0.6) is 0 Å². The van der Waals surface area contributed by atoms with Crippen molar-refractivity contribution < 1.29 is 8.91 Å². The van der Waals surface area contributed by atoms with Crippen molar-refractivity contribution >= 4 is 33.3 Å². The maximum absolute atomic E-state index is 12.8. The minimum absolute atomic E-state index is 0.227. The van der Waals surface area contributed by atoms with Gasteiger partial charge in [0.25, 0.3) is 0 Å². The van der Waals surface area contributed by atoms with Crippen LogP contribution in [0, 0.1) is 5.82 Å². The first-order valence-electron chi connectivity index (χ1n) is 3.95. The van der Waals surface area contributed by atoms with Crippen molar-refractivity contribution in [2.45, 2.75) is 0 Å². The first-order chi connectivity index (χ1) is 7.09. The Bertz CT molecular complexity index is 515. The van der Waals surface area contributed by atoms with E-state index in [1.165, 1.54) is 18.2 Å². The van der Waals surface area contributed by atoms with E-state index in [4.69, 9.17) is 21.9 Å². The molecule has 1 heterocycles. The topological polar surface area (TPSA) is 52.0 Å². The monoisotopic (exact) mass is 290 g/mol. The van der Waals surface area contributed by atoms with Crippen molar-refractivity contribution in [2.75, 3.05) is 5.73 Å². The van der Waals surface area contributed by atoms with Gasteiger partial charge in [-0.1, -0.05) is 16.8 Å². The summed E-state index contributed by atoms with van der Waals surface area (Å²) in [7, 11) is 0. The molecule has 2 aromatic rings. The highest BCUT2D eigenvalue weighted by molar-refractivity contribution is 9.10. The van der Waals surface area contributed by atoms with E-state index in [1.54, 1.807) is 0 Å². The lowest BCUT2D eigenvalue weighted by Crippen LogP contribution is -1.84. The average molecular weight is 292 g/mol. The summed E-state index contributed by atoms with van der Waals surface area (Å²) in [6.07, 6.45) is 0. The third-order valence-electron chi connectivity index (χ3n) is 1.84. The number of hydrogen-bond acceptors (Lipinski definition) is 3. The predicted octanol–water partition coefficient (Wildman–Crippen LogP) is 3.48. The van der Waals surface area contributed by atoms with Crippen LogP contribution >= 0.6 is 27.5 Å². The molecule has 0 saturated heterocycles. The summed E-state index contributed by atoms with van der Waals surface area (Å²) >= 11 is 9.06. The summed E-state index contributed by atoms with van der Waals surface area (Å²) in [5, 5.41) is 3.80. The Hall–Kier alpha value is -1.07. The maximum atomic E-state index is 12.8. The van der Waals surface area contributed by atoms with Crippen molar-refractivity contribution in [3.05, 3.63) is 33.5 Å². The fourth-order valence-corrected chi connectivity index (χ4v) is 1.74. The van der Waals surface area contributed by atoms with Gasteiger partial charge >= 0.3 is 0 Å². The van der Waals surface area contributed by atoms with Gasteiger partial charge < -0.3 is 10.3 Å². The molecule has 0 radical (unpaired) electrons. The molecule has 0 unspecified atom stereocenters. The molecule has 0 aliphatic heterocycles. The molecule has 0 saturated carbocycles. The van der Waals surface area contributed by atoms with Gasteiger partial charge in [0.05, 0.1) is 5.02 Å². The highest BCUT2D eigenvalue weighted by atomic mass is 79.9. The van der Waals surface area contributed by atoms with E-state index in [0.717, 1.165) is 0 Å². The van der Waals surface area contributed by atoms with Gasteiger partial charge in [-0.25, -0.2) is 4.39 Å². The first kappa shape index (κ1) is 10.4. The smallest absolute Gasteiger partial charge is 0.184 e. The number of anilines is 1. The quantitative estimate of drug-likeness (QED) is 0.875. The molecule has 0 aliphatic rings. The molecule has 0 aliphatic carbocycles. The molecule has 2 rings (SSSR count). The number of benzene rings is 1. The molecule has 6 heteroatoms. The van der Waals surface area contributed by atoms with Gasteiger partial charge in [0, 0.05) is 5.56 Å². The molecular formula is C9H5BrClFN2O. The molecule has 0 atom stereocenters. The molecule has 2 N–H and O–H groups in total. The van der Waals surface area contributed by atoms with Crippen LogP contribution in [0.1, 0.15) is 0 Å². The van der Waals surface area contributed by atoms with Crippen molar-refractivity contribution in [3.63, 3.8) is 0 Å². The lowest BCUT2D eigenvalue weighted by molar-refractivity contribution is 0.435. The molecule has 0 bridgehead atoms. The van der Waals surface area contributed by atoms with E-state index in [1.807, 2.05) is 0 Å². The largest absolute Gasteiger partial charge is 0.380 e. The summed E-state index contributed by atoms with van der Waals surface area (Å²) in [4.78, 5) is 0. The summed E-state index contributed by atoms with van der Waals surface area (Å²) in [6.45, 7) is 0. The highest BCUT2D eigenvalue weighted by Crippen LogP contribution is 2.36. The van der Waals surface area contributed by atoms with Crippen molar-refractivity contribution in [1.29, 1.82) is 0 Å². The lowest BCUT2D eigenvalue weighted by atomic mass is 10.2. The fraction of sp³-hybridized carbons (Fsp3) is 0. The number of halogens is 3. The van der Waals surface area contributed by atoms with E-state index in [9.17, 15) is 4.39 Å². The van der Waals surface area contributed by atoms with Crippen molar-refractivity contribution in [1.82, 2.24) is 5.16 Å². The molecule has 1 aromatic heterocycles. The van der Waals surface area contributed by atoms with Crippen LogP contribution in [0.15, 0.2) is 27.2 Å². The van der Waals surface area contributed by atoms with Crippen LogP contribution in [0.25, 0.3) is 11.3 Å². The van der Waals surface area contributed by atoms with Gasteiger partial charge in [-0.05, 0) is 34.1 Å². The molecule has 78 valence electrons. The minimum Gasteiger partial charge on any atom is -0.380 e. The zero-order valence-electron chi connectivity index (χ0n) is 7.30. The van der Waals surface area contributed by atoms with Crippen LogP contribution in [0.3, 0.4) is 0 Å². The van der Waals surface area contributed by atoms with E-state index < -0.39 is 5.82 Å². The second-order valence-electron chi connectivity index (χ2n) is 2.84. The Morgan fingerprint density at radius 2 is 2.20 bits per heavy atom. The van der Waals surface area contributed by atoms with E-state index in [0.29, 0.717) is 15.8 Å². The van der Waals surface area contributed by atoms with E-state index in [2.05, 4.69) is 21.1 Å². The second kappa shape index (κ2) is 3.83. The Balaban J connectivity index is 2.59. The number of nitrogens with zero attached hydrogens (tertiary/aromatic N) is 1. The van der Waals surface area contributed by atoms with E-state index in [-0.39, 0.29) is 10.8 Å². The van der Waals surface area contributed by atoms with Gasteiger partial charge in [0.2, 0.25) is 0 Å². The summed E-state index contributed by atoms with van der Waals surface area (Å²) in [6, 6.07) is 3.98. The fourth-order valence-electron chi connectivity index (χ4n) is 1.13. The number of nitrogen functional groups attached to an aromatic ring is 1. The van der Waals surface area contributed by atoms with Crippen LogP contribution in [-0.4, -0.2) is 5.16 Å². The standard InChI is InChI=1S/C9H5BrClFN2O/c10-7-8(15-14-9(7)13)5-2-1-4(12)3-6(5)11/h1-3H,(H2,13,14). The average Bonchev–Trinajstić information content (AvgIpc) is 2.49. The minimum atomic E-state index is -0.410. The second-order valence-corrected chi connectivity index (χ2v) is 4.04. The number of aromatic nitrogens is 1. The predicted molar refractivity (Wildman–Crippen MR) is 59.0 cm³/mol. The molecule has 0 fully saturated rings. The Kier molecular flexibility index (Phi) is 2.67. The molecule has 15 heavy (non-hydrogen) atoms. The summed E-state index contributed by atoms with van der Waals surface area (Å²) in [5.74, 6) is 0.204. The SMILES string of the molecule is Nc1noc(-c2ccc(F)cc2Cl)c1Br. The van der Waals surface area contributed by atoms with Crippen LogP contribution < -0.4 is 5.73 Å². The Labute approximate surface area is 98.1 Å². The van der Waals surface area contributed by atoms with Gasteiger partial charge in [0.15, 0.2) is 11.6 Å². The van der Waals surface area contributed by atoms with Crippen molar-refractivity contribution in [2.24, 2.45) is 0 Å². The zero-order chi connectivity index (χ0) is 11.0. The third kappa shape index (κ3) is 1.85. The number of hydrogen-bond donors (Lipinski definition) is 1. The summed E-state index contributed by atoms with van der Waals surface area (Å²) < 4.78 is 18.3. The number of rotatable bonds is 1. The summed E-state index contributed by atoms with van der Waals surface area (Å²) in [5.41, 5.74) is 6.03. The Morgan fingerprint density at radius 1 is 1.47 bits per heavy atom. The third-order valence-corrected chi connectivity index (χ3v) is 2.91. The van der Waals surface area contributed by atoms with Crippen LogP contribution in [0.2, 0.25) is 5.02 Å². The van der Waals surface area contributed by atoms with Crippen molar-refractivity contribution in [3.8, 4) is 11.3 Å². The first-order valence-corrected chi connectivity index (χ1v) is 5.12. The molecular weight excluding hydrogens is 286 g/mol. The van der Waals surface area contributed by atoms with E-state index >= 15 is 0 Å². The molecule has 1 aromatic carbocycles. The van der Waals surface area contributed by atoms with Gasteiger partial charge in [-0.15, -0.1) is 0 Å². The van der Waals surface area contributed by atoms with Gasteiger partial charge in [-0.2, -0.15) is 0 Å². The maximum Gasteiger partial charge on any atom is 0.184 e. The highest BCUT2D eigenvalue weighted by Gasteiger charge is 2.16. The zero-order valence-corrected chi connectivity index (χ0v) is 9.64. The Morgan fingerprint density at radius 3 is 2.73 bits per heavy atom. The molecule has 0 spiro atoms. The van der Waals surface area contributed by atoms with Gasteiger partial charge in [0.1, 0.15) is 10.3 Å². The molecule has 0 amide bonds. The molecule has 3 nitrogen and oxygen atoms in total. The van der Waals surface area contributed by atoms with Gasteiger partial charge in [-0.3, -0.25) is 0 Å². The normalized spacial score (nSPS) is 10.6. The lowest BCUT2D eigenvalue weighted by Gasteiger charge is -1.99. The number of nitrogens with two attached hydrogens (primary N) is 1. The van der Waals surface area contributed by atoms with Crippen LogP contribution in [0.4, 0.5) is 10.2 Å². The van der Waals surface area contributed by atoms with Crippen LogP contribution in [-0.2, 0) is 0 Å².